The van der Waals surface area contributed by atoms with Gasteiger partial charge in [0, 0.05) is 0 Å². The van der Waals surface area contributed by atoms with Gasteiger partial charge in [0.05, 0.1) is 0 Å². The van der Waals surface area contributed by atoms with Crippen molar-refractivity contribution in [2.45, 2.75) is 23.9 Å². The third-order valence-electron chi connectivity index (χ3n) is 4.78. The van der Waals surface area contributed by atoms with Crippen LogP contribution in [0.1, 0.15) is 35.1 Å². The van der Waals surface area contributed by atoms with Crippen LogP contribution in [0.5, 0.6) is 0 Å². The predicted octanol–water partition coefficient (Wildman–Crippen LogP) is -0.745. The molecule has 0 saturated heterocycles. The summed E-state index contributed by atoms with van der Waals surface area (Å²) >= 11 is -0.947. The molecule has 0 spiro atoms. The zero-order chi connectivity index (χ0) is 15.1. The van der Waals surface area contributed by atoms with Crippen LogP contribution in [0.15, 0.2) is 69.3 Å². The van der Waals surface area contributed by atoms with Gasteiger partial charge in [0.15, 0.2) is 0 Å². The van der Waals surface area contributed by atoms with Crippen molar-refractivity contribution < 1.29 is 47.7 Å². The molecule has 0 aliphatic heterocycles. The minimum absolute atomic E-state index is 0. The average molecular weight is 523 g/mol. The fourth-order valence-electron chi connectivity index (χ4n) is 3.33. The quantitative estimate of drug-likeness (QED) is 0.468. The summed E-state index contributed by atoms with van der Waals surface area (Å²) in [4.78, 5) is 0. The Balaban J connectivity index is 0.00000104. The van der Waals surface area contributed by atoms with Gasteiger partial charge in [0.25, 0.3) is 0 Å². The normalized spacial score (nSPS) is 18.2. The fourth-order valence-corrected chi connectivity index (χ4v) is 9.73. The number of fused-ring (bicyclic) bond motifs is 1. The van der Waals surface area contributed by atoms with E-state index in [-0.39, 0.29) is 24.8 Å². The molecule has 2 aromatic rings. The van der Waals surface area contributed by atoms with Gasteiger partial charge in [-0.3, -0.25) is 0 Å². The van der Waals surface area contributed by atoms with Gasteiger partial charge in [-0.15, -0.1) is 0 Å². The van der Waals surface area contributed by atoms with Crippen molar-refractivity contribution in [3.8, 4) is 0 Å². The van der Waals surface area contributed by atoms with E-state index in [1.54, 1.807) is 14.5 Å². The summed E-state index contributed by atoms with van der Waals surface area (Å²) in [5.74, 6) is 0. The maximum Gasteiger partial charge on any atom is -1.00 e. The van der Waals surface area contributed by atoms with E-state index in [9.17, 15) is 0 Å². The molecule has 2 aliphatic rings. The van der Waals surface area contributed by atoms with Crippen molar-refractivity contribution in [1.82, 2.24) is 4.57 Å². The van der Waals surface area contributed by atoms with Crippen LogP contribution < -0.4 is 24.8 Å². The predicted molar refractivity (Wildman–Crippen MR) is 88.9 cm³/mol. The second-order valence-electron chi connectivity index (χ2n) is 6.06. The molecular formula is C20H19Cl2HfN. The Kier molecular flexibility index (Phi) is 6.52. The molecule has 1 heterocycles. The molecule has 0 radical (unpaired) electrons. The molecule has 1 aromatic carbocycles. The zero-order valence-corrected chi connectivity index (χ0v) is 18.9. The summed E-state index contributed by atoms with van der Waals surface area (Å²) in [6, 6.07) is 13.2. The number of rotatable bonds is 3. The van der Waals surface area contributed by atoms with Crippen LogP contribution in [0.25, 0.3) is 11.8 Å². The van der Waals surface area contributed by atoms with E-state index in [0.29, 0.717) is 3.67 Å². The molecule has 0 amide bonds. The molecule has 1 nitrogen and oxygen atoms in total. The van der Waals surface area contributed by atoms with Gasteiger partial charge >= 0.3 is 144 Å². The maximum absolute atomic E-state index is 2.41. The molecule has 4 heteroatoms. The standard InChI is InChI=1S/C13H10N.C7H9.2ClH.Hf/c1-2-6-12-10-13(9-11(12)5-1)14-7-3-4-8-14;1-6-4-3-5-7(6)2;;;/h1-10H;4H,3H2,1-2H3;2*1H;/q;;;;+2/p-2. The molecule has 0 saturated carbocycles. The Hall–Kier alpha value is -0.830. The van der Waals surface area contributed by atoms with Crippen LogP contribution in [0.2, 0.25) is 0 Å². The first-order valence-electron chi connectivity index (χ1n) is 7.81. The Morgan fingerprint density at radius 1 is 1.00 bits per heavy atom. The van der Waals surface area contributed by atoms with Crippen molar-refractivity contribution in [2.24, 2.45) is 0 Å². The van der Waals surface area contributed by atoms with Crippen LogP contribution in [0.4, 0.5) is 0 Å². The van der Waals surface area contributed by atoms with E-state index in [0.717, 1.165) is 0 Å². The first-order valence-corrected chi connectivity index (χ1v) is 11.7. The second kappa shape index (κ2) is 8.03. The molecule has 2 aliphatic carbocycles. The van der Waals surface area contributed by atoms with Crippen molar-refractivity contribution in [2.75, 3.05) is 0 Å². The van der Waals surface area contributed by atoms with Gasteiger partial charge in [-0.25, -0.2) is 0 Å². The fraction of sp³-hybridized carbons (Fsp3) is 0.200. The van der Waals surface area contributed by atoms with Crippen LogP contribution in [0.3, 0.4) is 0 Å². The number of nitrogens with zero attached hydrogens (tertiary/aromatic N) is 1. The molecule has 1 unspecified atom stereocenters. The Morgan fingerprint density at radius 2 is 1.71 bits per heavy atom. The Bertz CT molecular complexity index is 816. The molecule has 0 N–H and O–H groups in total. The minimum Gasteiger partial charge on any atom is -1.00 e. The first-order chi connectivity index (χ1) is 10.7. The molecular weight excluding hydrogens is 504 g/mol. The Labute approximate surface area is 167 Å². The summed E-state index contributed by atoms with van der Waals surface area (Å²) in [6.45, 7) is 4.58. The second-order valence-corrected chi connectivity index (χ2v) is 11.3. The third-order valence-corrected chi connectivity index (χ3v) is 11.3. The topological polar surface area (TPSA) is 4.93 Å². The number of aromatic nitrogens is 1. The monoisotopic (exact) mass is 523 g/mol. The number of allylic oxidation sites excluding steroid dienone is 5. The maximum atomic E-state index is 2.41. The number of hydrogen-bond acceptors (Lipinski definition) is 0. The van der Waals surface area contributed by atoms with Crippen molar-refractivity contribution in [1.29, 1.82) is 0 Å². The summed E-state index contributed by atoms with van der Waals surface area (Å²) in [6.07, 6.45) is 10.4. The van der Waals surface area contributed by atoms with Gasteiger partial charge in [0.2, 0.25) is 0 Å². The summed E-state index contributed by atoms with van der Waals surface area (Å²) < 4.78 is 4.77. The zero-order valence-electron chi connectivity index (χ0n) is 13.8. The van der Waals surface area contributed by atoms with Gasteiger partial charge in [-0.05, 0) is 0 Å². The van der Waals surface area contributed by atoms with Gasteiger partial charge in [0.1, 0.15) is 0 Å². The number of halogens is 2. The minimum atomic E-state index is -0.947. The number of hydrogen-bond donors (Lipinski definition) is 0. The van der Waals surface area contributed by atoms with E-state index in [4.69, 9.17) is 0 Å². The smallest absolute Gasteiger partial charge is 1.00 e. The van der Waals surface area contributed by atoms with Gasteiger partial charge < -0.3 is 24.8 Å². The van der Waals surface area contributed by atoms with Crippen LogP contribution in [0, 0.1) is 0 Å². The third kappa shape index (κ3) is 3.42. The number of benzene rings is 1. The molecule has 1 aromatic heterocycles. The van der Waals surface area contributed by atoms with Crippen molar-refractivity contribution in [3.05, 3.63) is 80.5 Å². The van der Waals surface area contributed by atoms with Gasteiger partial charge in [-0.2, -0.15) is 0 Å². The van der Waals surface area contributed by atoms with Crippen LogP contribution in [-0.4, -0.2) is 4.57 Å². The van der Waals surface area contributed by atoms with E-state index < -0.39 is 22.9 Å². The van der Waals surface area contributed by atoms with E-state index in [1.165, 1.54) is 23.3 Å². The summed E-state index contributed by atoms with van der Waals surface area (Å²) in [5, 5.41) is 0. The first kappa shape index (κ1) is 19.5. The molecule has 122 valence electrons. The van der Waals surface area contributed by atoms with Crippen LogP contribution in [-0.2, 0) is 22.9 Å². The largest absolute Gasteiger partial charge is 1.00 e. The SMILES string of the molecule is CC1=CC[C]([Hf+2][CH]2C(n3cccc3)=Cc3ccccc32)=C1C.[Cl-].[Cl-]. The van der Waals surface area contributed by atoms with E-state index in [2.05, 4.69) is 79.4 Å². The van der Waals surface area contributed by atoms with E-state index >= 15 is 0 Å². The Morgan fingerprint density at radius 3 is 2.38 bits per heavy atom. The molecule has 0 fully saturated rings. The average Bonchev–Trinajstić information content (AvgIpc) is 3.23. The van der Waals surface area contributed by atoms with Gasteiger partial charge in [-0.1, -0.05) is 0 Å². The van der Waals surface area contributed by atoms with Crippen LogP contribution >= 0.6 is 0 Å². The molecule has 0 bridgehead atoms. The molecule has 1 atom stereocenters. The molecule has 24 heavy (non-hydrogen) atoms. The van der Waals surface area contributed by atoms with Crippen molar-refractivity contribution in [3.63, 3.8) is 0 Å². The van der Waals surface area contributed by atoms with Crippen molar-refractivity contribution >= 4 is 11.8 Å². The summed E-state index contributed by atoms with van der Waals surface area (Å²) in [7, 11) is 0. The van der Waals surface area contributed by atoms with E-state index in [1.807, 2.05) is 0 Å². The summed E-state index contributed by atoms with van der Waals surface area (Å²) in [5.41, 5.74) is 7.54. The molecule has 4 rings (SSSR count).